The van der Waals surface area contributed by atoms with Gasteiger partial charge in [0.25, 0.3) is 0 Å². The van der Waals surface area contributed by atoms with E-state index in [2.05, 4.69) is 21.1 Å². The molecule has 0 spiro atoms. The summed E-state index contributed by atoms with van der Waals surface area (Å²) in [5.41, 5.74) is 1.69. The molecule has 5 nitrogen and oxygen atoms in total. The van der Waals surface area contributed by atoms with Gasteiger partial charge in [0.15, 0.2) is 0 Å². The summed E-state index contributed by atoms with van der Waals surface area (Å²) in [4.78, 5) is 15.5. The number of benzene rings is 1. The standard InChI is InChI=1S/C14H11N3O2/c1-19-14(18)11-5-6-16-13(8-11)17-12-4-2-3-10(7-12)9-15/h2-8H,1H3,(H,16,17). The molecule has 2 aromatic rings. The Bertz CT molecular complexity index is 647. The molecule has 0 bridgehead atoms. The van der Waals surface area contributed by atoms with Gasteiger partial charge in [-0.05, 0) is 30.3 Å². The van der Waals surface area contributed by atoms with Crippen LogP contribution < -0.4 is 5.32 Å². The molecule has 0 aliphatic heterocycles. The Labute approximate surface area is 110 Å². The van der Waals surface area contributed by atoms with Gasteiger partial charge in [0.05, 0.1) is 24.3 Å². The maximum absolute atomic E-state index is 11.4. The van der Waals surface area contributed by atoms with E-state index in [1.54, 1.807) is 30.3 Å². The number of methoxy groups -OCH3 is 1. The van der Waals surface area contributed by atoms with Crippen molar-refractivity contribution in [3.05, 3.63) is 53.7 Å². The number of ether oxygens (including phenoxy) is 1. The fraction of sp³-hybridized carbons (Fsp3) is 0.0714. The van der Waals surface area contributed by atoms with E-state index in [1.807, 2.05) is 6.07 Å². The van der Waals surface area contributed by atoms with Gasteiger partial charge < -0.3 is 10.1 Å². The van der Waals surface area contributed by atoms with Crippen LogP contribution in [0.1, 0.15) is 15.9 Å². The number of hydrogen-bond acceptors (Lipinski definition) is 5. The Kier molecular flexibility index (Phi) is 3.74. The molecular weight excluding hydrogens is 242 g/mol. The fourth-order valence-corrected chi connectivity index (χ4v) is 1.56. The summed E-state index contributed by atoms with van der Waals surface area (Å²) in [6.45, 7) is 0. The van der Waals surface area contributed by atoms with E-state index in [9.17, 15) is 4.79 Å². The van der Waals surface area contributed by atoms with Crippen molar-refractivity contribution in [3.8, 4) is 6.07 Å². The Hall–Kier alpha value is -2.87. The van der Waals surface area contributed by atoms with E-state index in [0.717, 1.165) is 5.69 Å². The van der Waals surface area contributed by atoms with Crippen LogP contribution in [-0.4, -0.2) is 18.1 Å². The third-order valence-corrected chi connectivity index (χ3v) is 2.45. The van der Waals surface area contributed by atoms with Crippen LogP contribution >= 0.6 is 0 Å². The molecule has 1 heterocycles. The van der Waals surface area contributed by atoms with E-state index in [4.69, 9.17) is 5.26 Å². The molecule has 0 radical (unpaired) electrons. The van der Waals surface area contributed by atoms with Gasteiger partial charge in [-0.25, -0.2) is 9.78 Å². The topological polar surface area (TPSA) is 75.0 Å². The molecule has 0 aliphatic rings. The van der Waals surface area contributed by atoms with Crippen LogP contribution in [0.3, 0.4) is 0 Å². The molecule has 19 heavy (non-hydrogen) atoms. The van der Waals surface area contributed by atoms with Crippen molar-refractivity contribution in [2.24, 2.45) is 0 Å². The van der Waals surface area contributed by atoms with Crippen LogP contribution in [0, 0.1) is 11.3 Å². The maximum Gasteiger partial charge on any atom is 0.338 e. The van der Waals surface area contributed by atoms with Crippen molar-refractivity contribution in [3.63, 3.8) is 0 Å². The normalized spacial score (nSPS) is 9.47. The average molecular weight is 253 g/mol. The number of nitrogens with zero attached hydrogens (tertiary/aromatic N) is 2. The Morgan fingerprint density at radius 3 is 2.95 bits per heavy atom. The van der Waals surface area contributed by atoms with E-state index in [-0.39, 0.29) is 0 Å². The number of rotatable bonds is 3. The number of pyridine rings is 1. The minimum atomic E-state index is -0.420. The summed E-state index contributed by atoms with van der Waals surface area (Å²) < 4.78 is 4.64. The molecule has 5 heteroatoms. The van der Waals surface area contributed by atoms with Crippen molar-refractivity contribution >= 4 is 17.5 Å². The molecule has 94 valence electrons. The molecule has 0 amide bonds. The highest BCUT2D eigenvalue weighted by Crippen LogP contribution is 2.16. The van der Waals surface area contributed by atoms with Crippen LogP contribution in [-0.2, 0) is 4.74 Å². The van der Waals surface area contributed by atoms with Crippen LogP contribution in [0.15, 0.2) is 42.6 Å². The van der Waals surface area contributed by atoms with Gasteiger partial charge in [0.1, 0.15) is 5.82 Å². The minimum absolute atomic E-state index is 0.413. The lowest BCUT2D eigenvalue weighted by Gasteiger charge is -2.06. The van der Waals surface area contributed by atoms with E-state index >= 15 is 0 Å². The SMILES string of the molecule is COC(=O)c1ccnc(Nc2cccc(C#N)c2)c1. The second-order valence-electron chi connectivity index (χ2n) is 3.74. The van der Waals surface area contributed by atoms with E-state index < -0.39 is 5.97 Å². The molecule has 1 aromatic heterocycles. The summed E-state index contributed by atoms with van der Waals surface area (Å²) in [5.74, 6) is 0.0919. The number of hydrogen-bond donors (Lipinski definition) is 1. The second-order valence-corrected chi connectivity index (χ2v) is 3.74. The molecule has 0 aliphatic carbocycles. The number of nitrogens with one attached hydrogen (secondary N) is 1. The first-order valence-corrected chi connectivity index (χ1v) is 5.54. The van der Waals surface area contributed by atoms with Gasteiger partial charge >= 0.3 is 5.97 Å². The number of carbonyl (C=O) groups is 1. The quantitative estimate of drug-likeness (QED) is 0.850. The Morgan fingerprint density at radius 2 is 2.21 bits per heavy atom. The predicted molar refractivity (Wildman–Crippen MR) is 70.0 cm³/mol. The van der Waals surface area contributed by atoms with Crippen molar-refractivity contribution in [2.45, 2.75) is 0 Å². The van der Waals surface area contributed by atoms with Crippen molar-refractivity contribution < 1.29 is 9.53 Å². The first kappa shape index (κ1) is 12.6. The summed E-state index contributed by atoms with van der Waals surface area (Å²) in [6, 6.07) is 12.2. The van der Waals surface area contributed by atoms with Crippen LogP contribution in [0.5, 0.6) is 0 Å². The number of anilines is 2. The first-order valence-electron chi connectivity index (χ1n) is 5.54. The largest absolute Gasteiger partial charge is 0.465 e. The highest BCUT2D eigenvalue weighted by Gasteiger charge is 2.06. The highest BCUT2D eigenvalue weighted by atomic mass is 16.5. The fourth-order valence-electron chi connectivity index (χ4n) is 1.56. The van der Waals surface area contributed by atoms with Crippen molar-refractivity contribution in [2.75, 3.05) is 12.4 Å². The molecule has 1 aromatic carbocycles. The Balaban J connectivity index is 2.23. The number of nitriles is 1. The average Bonchev–Trinajstić information content (AvgIpc) is 2.47. The smallest absolute Gasteiger partial charge is 0.338 e. The summed E-state index contributed by atoms with van der Waals surface area (Å²) in [7, 11) is 1.33. The van der Waals surface area contributed by atoms with Gasteiger partial charge in [-0.15, -0.1) is 0 Å². The molecule has 0 saturated carbocycles. The molecular formula is C14H11N3O2. The lowest BCUT2D eigenvalue weighted by atomic mass is 10.2. The van der Waals surface area contributed by atoms with E-state index in [0.29, 0.717) is 16.9 Å². The zero-order valence-corrected chi connectivity index (χ0v) is 10.3. The summed E-state index contributed by atoms with van der Waals surface area (Å²) in [6.07, 6.45) is 1.52. The number of esters is 1. The zero-order chi connectivity index (χ0) is 13.7. The molecule has 0 saturated heterocycles. The van der Waals surface area contributed by atoms with Crippen LogP contribution in [0.25, 0.3) is 0 Å². The van der Waals surface area contributed by atoms with Crippen molar-refractivity contribution in [1.82, 2.24) is 4.98 Å². The second kappa shape index (κ2) is 5.65. The number of aromatic nitrogens is 1. The van der Waals surface area contributed by atoms with Crippen molar-refractivity contribution in [1.29, 1.82) is 5.26 Å². The van der Waals surface area contributed by atoms with E-state index in [1.165, 1.54) is 13.3 Å². The lowest BCUT2D eigenvalue weighted by Crippen LogP contribution is -2.03. The van der Waals surface area contributed by atoms with Gasteiger partial charge in [0.2, 0.25) is 0 Å². The zero-order valence-electron chi connectivity index (χ0n) is 10.3. The maximum atomic E-state index is 11.4. The summed E-state index contributed by atoms with van der Waals surface area (Å²) in [5, 5.41) is 11.9. The molecule has 0 unspecified atom stereocenters. The first-order chi connectivity index (χ1) is 9.22. The van der Waals surface area contributed by atoms with Gasteiger partial charge in [0, 0.05) is 11.9 Å². The molecule has 0 fully saturated rings. The lowest BCUT2D eigenvalue weighted by molar-refractivity contribution is 0.0600. The third-order valence-electron chi connectivity index (χ3n) is 2.45. The van der Waals surface area contributed by atoms with Crippen LogP contribution in [0.2, 0.25) is 0 Å². The van der Waals surface area contributed by atoms with Gasteiger partial charge in [-0.1, -0.05) is 6.07 Å². The van der Waals surface area contributed by atoms with Crippen LogP contribution in [0.4, 0.5) is 11.5 Å². The molecule has 1 N–H and O–H groups in total. The predicted octanol–water partition coefficient (Wildman–Crippen LogP) is 2.48. The Morgan fingerprint density at radius 1 is 1.37 bits per heavy atom. The summed E-state index contributed by atoms with van der Waals surface area (Å²) >= 11 is 0. The number of carbonyl (C=O) groups excluding carboxylic acids is 1. The molecule has 0 atom stereocenters. The van der Waals surface area contributed by atoms with Gasteiger partial charge in [-0.3, -0.25) is 0 Å². The minimum Gasteiger partial charge on any atom is -0.465 e. The third kappa shape index (κ3) is 3.07. The highest BCUT2D eigenvalue weighted by molar-refractivity contribution is 5.90. The monoisotopic (exact) mass is 253 g/mol. The molecule has 2 rings (SSSR count). The van der Waals surface area contributed by atoms with Gasteiger partial charge in [-0.2, -0.15) is 5.26 Å².